The molecule has 14 rings (SSSR count). The molecule has 0 saturated carbocycles. The van der Waals surface area contributed by atoms with Crippen LogP contribution in [0.3, 0.4) is 0 Å². The van der Waals surface area contributed by atoms with Gasteiger partial charge in [0.25, 0.3) is 0 Å². The zero-order valence-corrected chi connectivity index (χ0v) is 46.1. The Hall–Kier alpha value is -11.1. The highest BCUT2D eigenvalue weighted by Gasteiger charge is 2.16. The molecule has 0 atom stereocenters. The van der Waals surface area contributed by atoms with Crippen LogP contribution in [-0.4, -0.2) is 15.0 Å². The van der Waals surface area contributed by atoms with Crippen LogP contribution in [0.4, 0.5) is 0 Å². The maximum atomic E-state index is 5.20. The number of hydrogen-bond donors (Lipinski definition) is 0. The van der Waals surface area contributed by atoms with Crippen molar-refractivity contribution < 1.29 is 0 Å². The normalized spacial score (nSPS) is 11.1. The average Bonchev–Trinajstić information content (AvgIpc) is 3.34. The fraction of sp³-hybridized carbons (Fsp3) is 0. The lowest BCUT2D eigenvalue weighted by atomic mass is 9.90. The van der Waals surface area contributed by atoms with E-state index in [1.807, 2.05) is 12.1 Å². The van der Waals surface area contributed by atoms with Crippen molar-refractivity contribution in [2.45, 2.75) is 0 Å². The quantitative estimate of drug-likeness (QED) is 0.115. The molecule has 0 aliphatic heterocycles. The Morgan fingerprint density at radius 1 is 0.107 bits per heavy atom. The van der Waals surface area contributed by atoms with Crippen LogP contribution < -0.4 is 0 Å². The van der Waals surface area contributed by atoms with E-state index in [0.717, 1.165) is 83.5 Å². The first kappa shape index (κ1) is 51.0. The molecule has 0 aliphatic carbocycles. The van der Waals surface area contributed by atoms with Crippen molar-refractivity contribution in [1.82, 2.24) is 15.0 Å². The van der Waals surface area contributed by atoms with Gasteiger partial charge in [-0.25, -0.2) is 15.0 Å². The highest BCUT2D eigenvalue weighted by atomic mass is 15.0. The summed E-state index contributed by atoms with van der Waals surface area (Å²) >= 11 is 0. The fourth-order valence-corrected chi connectivity index (χ4v) is 11.3. The summed E-state index contributed by atoms with van der Waals surface area (Å²) in [4.78, 5) is 15.5. The van der Waals surface area contributed by atoms with Gasteiger partial charge < -0.3 is 0 Å². The second kappa shape index (κ2) is 23.2. The molecule has 0 aliphatic rings. The summed E-state index contributed by atoms with van der Waals surface area (Å²) in [5.41, 5.74) is 25.8. The smallest absolute Gasteiger partial charge is 0.164 e. The van der Waals surface area contributed by atoms with Crippen molar-refractivity contribution in [1.29, 1.82) is 0 Å². The van der Waals surface area contributed by atoms with Gasteiger partial charge in [0.15, 0.2) is 17.5 Å². The average molecular weight is 1070 g/mol. The molecular weight excluding hydrogens is 1010 g/mol. The molecule has 0 amide bonds. The Labute approximate surface area is 491 Å². The molecule has 1 aromatic heterocycles. The molecule has 3 nitrogen and oxygen atoms in total. The van der Waals surface area contributed by atoms with E-state index in [-0.39, 0.29) is 0 Å². The minimum Gasteiger partial charge on any atom is -0.208 e. The zero-order chi connectivity index (χ0) is 56.0. The van der Waals surface area contributed by atoms with Gasteiger partial charge in [-0.3, -0.25) is 0 Å². The number of rotatable bonds is 13. The summed E-state index contributed by atoms with van der Waals surface area (Å²) in [6.07, 6.45) is 0. The van der Waals surface area contributed by atoms with Crippen molar-refractivity contribution in [3.8, 4) is 145 Å². The zero-order valence-electron chi connectivity index (χ0n) is 46.1. The molecule has 14 aromatic rings. The standard InChI is InChI=1S/C81H55N3/c1-5-19-56(20-6-1)60-39-41-62(42-40-60)76-53-77(72-35-13-27-64(47-72)58-23-9-3-10-24-58)55-78(54-76)73-36-16-33-70(50-73)68-31-14-29-66(48-68)67-30-15-32-69(49-67)71-34-18-38-75(52-71)81-83-79(63-45-43-61(44-46-63)57-21-7-2-8-22-57)82-80(84-81)74-37-17-28-65(51-74)59-25-11-4-12-26-59/h1-55H. The maximum absolute atomic E-state index is 5.20. The summed E-state index contributed by atoms with van der Waals surface area (Å²) in [6.45, 7) is 0. The molecule has 0 radical (unpaired) electrons. The van der Waals surface area contributed by atoms with Gasteiger partial charge in [-0.2, -0.15) is 0 Å². The van der Waals surface area contributed by atoms with Crippen LogP contribution in [-0.2, 0) is 0 Å². The molecule has 84 heavy (non-hydrogen) atoms. The Balaban J connectivity index is 0.785. The lowest BCUT2D eigenvalue weighted by molar-refractivity contribution is 1.07. The molecule has 394 valence electrons. The van der Waals surface area contributed by atoms with Crippen LogP contribution in [0.5, 0.6) is 0 Å². The monoisotopic (exact) mass is 1070 g/mol. The van der Waals surface area contributed by atoms with Crippen LogP contribution in [0.25, 0.3) is 145 Å². The van der Waals surface area contributed by atoms with Crippen molar-refractivity contribution in [2.75, 3.05) is 0 Å². The van der Waals surface area contributed by atoms with Gasteiger partial charge in [-0.15, -0.1) is 0 Å². The Morgan fingerprint density at radius 3 is 0.560 bits per heavy atom. The first-order valence-corrected chi connectivity index (χ1v) is 28.5. The third kappa shape index (κ3) is 11.1. The van der Waals surface area contributed by atoms with Gasteiger partial charge in [0, 0.05) is 16.7 Å². The molecule has 0 unspecified atom stereocenters. The minimum atomic E-state index is 0.609. The number of nitrogens with zero attached hydrogens (tertiary/aromatic N) is 3. The van der Waals surface area contributed by atoms with Crippen LogP contribution in [0, 0.1) is 0 Å². The van der Waals surface area contributed by atoms with Gasteiger partial charge in [0.05, 0.1) is 0 Å². The van der Waals surface area contributed by atoms with Gasteiger partial charge in [0.1, 0.15) is 0 Å². The van der Waals surface area contributed by atoms with Gasteiger partial charge in [-0.1, -0.05) is 279 Å². The highest BCUT2D eigenvalue weighted by molar-refractivity contribution is 5.86. The third-order valence-corrected chi connectivity index (χ3v) is 15.7. The predicted molar refractivity (Wildman–Crippen MR) is 350 cm³/mol. The first-order chi connectivity index (χ1) is 41.6. The topological polar surface area (TPSA) is 38.7 Å². The Morgan fingerprint density at radius 2 is 0.262 bits per heavy atom. The predicted octanol–water partition coefficient (Wildman–Crippen LogP) is 21.5. The number of benzene rings is 13. The fourth-order valence-electron chi connectivity index (χ4n) is 11.3. The van der Waals surface area contributed by atoms with Gasteiger partial charge >= 0.3 is 0 Å². The second-order valence-corrected chi connectivity index (χ2v) is 21.2. The molecule has 0 spiro atoms. The minimum absolute atomic E-state index is 0.609. The van der Waals surface area contributed by atoms with Crippen molar-refractivity contribution in [3.05, 3.63) is 334 Å². The summed E-state index contributed by atoms with van der Waals surface area (Å²) in [5.74, 6) is 1.84. The number of hydrogen-bond acceptors (Lipinski definition) is 3. The van der Waals surface area contributed by atoms with E-state index in [1.54, 1.807) is 0 Å². The Bertz CT molecular complexity index is 4310. The molecule has 0 N–H and O–H groups in total. The lowest BCUT2D eigenvalue weighted by Crippen LogP contribution is -2.00. The van der Waals surface area contributed by atoms with Crippen molar-refractivity contribution >= 4 is 0 Å². The molecule has 1 heterocycles. The lowest BCUT2D eigenvalue weighted by Gasteiger charge is -2.14. The van der Waals surface area contributed by atoms with Crippen LogP contribution in [0.1, 0.15) is 0 Å². The molecule has 0 saturated heterocycles. The van der Waals surface area contributed by atoms with Gasteiger partial charge in [0.2, 0.25) is 0 Å². The summed E-state index contributed by atoms with van der Waals surface area (Å²) in [6, 6.07) is 119. The molecule has 3 heteroatoms. The van der Waals surface area contributed by atoms with E-state index in [4.69, 9.17) is 15.0 Å². The second-order valence-electron chi connectivity index (χ2n) is 21.2. The van der Waals surface area contributed by atoms with E-state index in [1.165, 1.54) is 44.5 Å². The van der Waals surface area contributed by atoms with E-state index < -0.39 is 0 Å². The number of aromatic nitrogens is 3. The van der Waals surface area contributed by atoms with E-state index in [9.17, 15) is 0 Å². The van der Waals surface area contributed by atoms with Crippen LogP contribution >= 0.6 is 0 Å². The van der Waals surface area contributed by atoms with Crippen LogP contribution in [0.2, 0.25) is 0 Å². The maximum Gasteiger partial charge on any atom is 0.164 e. The summed E-state index contributed by atoms with van der Waals surface area (Å²) < 4.78 is 0. The largest absolute Gasteiger partial charge is 0.208 e. The summed E-state index contributed by atoms with van der Waals surface area (Å²) in [7, 11) is 0. The Kier molecular flexibility index (Phi) is 14.1. The van der Waals surface area contributed by atoms with E-state index >= 15 is 0 Å². The SMILES string of the molecule is c1ccc(-c2ccc(-c3cc(-c4cccc(-c5ccccc5)c4)cc(-c4cccc(-c5cccc(-c6cccc(-c7cccc(-c8nc(-c9ccc(-c%10ccccc%10)cc9)nc(-c9cccc(-c%10ccccc%10)c9)n8)c7)c6)c5)c4)c3)cc2)cc1. The molecular formula is C81H55N3. The third-order valence-electron chi connectivity index (χ3n) is 15.7. The van der Waals surface area contributed by atoms with Gasteiger partial charge in [-0.05, 0) is 166 Å². The van der Waals surface area contributed by atoms with Crippen molar-refractivity contribution in [3.63, 3.8) is 0 Å². The molecule has 13 aromatic carbocycles. The van der Waals surface area contributed by atoms with Crippen LogP contribution in [0.15, 0.2) is 334 Å². The van der Waals surface area contributed by atoms with E-state index in [0.29, 0.717) is 17.5 Å². The molecule has 0 bridgehead atoms. The first-order valence-electron chi connectivity index (χ1n) is 28.5. The van der Waals surface area contributed by atoms with E-state index in [2.05, 4.69) is 322 Å². The molecule has 0 fully saturated rings. The van der Waals surface area contributed by atoms with Crippen molar-refractivity contribution in [2.24, 2.45) is 0 Å². The summed E-state index contributed by atoms with van der Waals surface area (Å²) in [5, 5.41) is 0. The highest BCUT2D eigenvalue weighted by Crippen LogP contribution is 2.39.